The van der Waals surface area contributed by atoms with E-state index in [0.29, 0.717) is 13.1 Å². The van der Waals surface area contributed by atoms with Crippen molar-refractivity contribution in [2.45, 2.75) is 25.3 Å². The van der Waals surface area contributed by atoms with Gasteiger partial charge in [0.05, 0.1) is 0 Å². The lowest BCUT2D eigenvalue weighted by molar-refractivity contribution is 0.249. The summed E-state index contributed by atoms with van der Waals surface area (Å²) in [4.78, 5) is 0. The van der Waals surface area contributed by atoms with E-state index >= 15 is 0 Å². The predicted octanol–water partition coefficient (Wildman–Crippen LogP) is -0.736. The molecule has 0 aliphatic carbocycles. The molecule has 0 radical (unpaired) electrons. The van der Waals surface area contributed by atoms with Gasteiger partial charge in [0, 0.05) is 19.1 Å². The molecule has 1 aliphatic heterocycles. The third-order valence-electron chi connectivity index (χ3n) is 2.34. The fourth-order valence-electron chi connectivity index (χ4n) is 1.75. The van der Waals surface area contributed by atoms with Gasteiger partial charge >= 0.3 is 0 Å². The molecule has 0 aromatic rings. The molecular weight excluding hydrogens is 190 g/mol. The molecule has 1 aliphatic rings. The summed E-state index contributed by atoms with van der Waals surface area (Å²) in [5, 5.41) is 8.08. The van der Waals surface area contributed by atoms with Crippen LogP contribution < -0.4 is 10.5 Å². The van der Waals surface area contributed by atoms with Crippen molar-refractivity contribution in [1.29, 1.82) is 0 Å². The summed E-state index contributed by atoms with van der Waals surface area (Å²) in [6.07, 6.45) is 2.90. The van der Waals surface area contributed by atoms with E-state index in [4.69, 9.17) is 5.14 Å². The molecule has 0 aromatic carbocycles. The minimum atomic E-state index is -3.50. The summed E-state index contributed by atoms with van der Waals surface area (Å²) in [7, 11) is -1.69. The van der Waals surface area contributed by atoms with Gasteiger partial charge in [0.1, 0.15) is 0 Å². The SMILES string of the molecule is CNCC1CCCCN1S(N)(=O)=O. The number of nitrogens with one attached hydrogen (secondary N) is 1. The lowest BCUT2D eigenvalue weighted by Crippen LogP contribution is -2.50. The summed E-state index contributed by atoms with van der Waals surface area (Å²) in [5.41, 5.74) is 0. The highest BCUT2D eigenvalue weighted by Gasteiger charge is 2.28. The number of rotatable bonds is 3. The Kier molecular flexibility index (Phi) is 3.66. The maximum Gasteiger partial charge on any atom is 0.277 e. The number of nitrogens with two attached hydrogens (primary N) is 1. The van der Waals surface area contributed by atoms with Crippen LogP contribution in [0.15, 0.2) is 0 Å². The number of hydrogen-bond donors (Lipinski definition) is 2. The third-order valence-corrected chi connectivity index (χ3v) is 3.47. The van der Waals surface area contributed by atoms with Gasteiger partial charge < -0.3 is 5.32 Å². The van der Waals surface area contributed by atoms with Crippen LogP contribution in [0.1, 0.15) is 19.3 Å². The minimum absolute atomic E-state index is 0.0359. The summed E-state index contributed by atoms with van der Waals surface area (Å²) >= 11 is 0. The second-order valence-electron chi connectivity index (χ2n) is 3.36. The van der Waals surface area contributed by atoms with E-state index in [9.17, 15) is 8.42 Å². The molecule has 1 atom stereocenters. The first-order valence-corrected chi connectivity index (χ1v) is 6.00. The zero-order valence-electron chi connectivity index (χ0n) is 7.86. The summed E-state index contributed by atoms with van der Waals surface area (Å²) < 4.78 is 23.7. The van der Waals surface area contributed by atoms with E-state index in [1.165, 1.54) is 4.31 Å². The molecule has 78 valence electrons. The molecule has 13 heavy (non-hydrogen) atoms. The number of piperidine rings is 1. The fraction of sp³-hybridized carbons (Fsp3) is 1.00. The second kappa shape index (κ2) is 4.36. The molecule has 0 bridgehead atoms. The lowest BCUT2D eigenvalue weighted by atomic mass is 10.1. The van der Waals surface area contributed by atoms with Crippen LogP contribution >= 0.6 is 0 Å². The fourth-order valence-corrected chi connectivity index (χ4v) is 2.73. The van der Waals surface area contributed by atoms with Gasteiger partial charge in [-0.25, -0.2) is 5.14 Å². The van der Waals surface area contributed by atoms with Gasteiger partial charge in [-0.1, -0.05) is 6.42 Å². The van der Waals surface area contributed by atoms with Crippen LogP contribution in [0.2, 0.25) is 0 Å². The molecule has 0 aromatic heterocycles. The van der Waals surface area contributed by atoms with Crippen molar-refractivity contribution in [3.63, 3.8) is 0 Å². The Morgan fingerprint density at radius 2 is 2.23 bits per heavy atom. The number of nitrogens with zero attached hydrogens (tertiary/aromatic N) is 1. The summed E-state index contributed by atoms with van der Waals surface area (Å²) in [6.45, 7) is 1.24. The van der Waals surface area contributed by atoms with Crippen molar-refractivity contribution < 1.29 is 8.42 Å². The van der Waals surface area contributed by atoms with E-state index in [-0.39, 0.29) is 6.04 Å². The first-order chi connectivity index (χ1) is 6.05. The van der Waals surface area contributed by atoms with Crippen molar-refractivity contribution in [2.24, 2.45) is 5.14 Å². The van der Waals surface area contributed by atoms with Crippen LogP contribution in [0.25, 0.3) is 0 Å². The summed E-state index contributed by atoms with van der Waals surface area (Å²) in [6, 6.07) is 0.0359. The van der Waals surface area contributed by atoms with Crippen molar-refractivity contribution in [3.05, 3.63) is 0 Å². The highest BCUT2D eigenvalue weighted by molar-refractivity contribution is 7.86. The third kappa shape index (κ3) is 2.91. The Labute approximate surface area is 79.5 Å². The van der Waals surface area contributed by atoms with Gasteiger partial charge in [-0.2, -0.15) is 12.7 Å². The van der Waals surface area contributed by atoms with Gasteiger partial charge in [-0.15, -0.1) is 0 Å². The van der Waals surface area contributed by atoms with E-state index < -0.39 is 10.2 Å². The highest BCUT2D eigenvalue weighted by atomic mass is 32.2. The van der Waals surface area contributed by atoms with E-state index in [1.54, 1.807) is 0 Å². The Hall–Kier alpha value is -0.170. The topological polar surface area (TPSA) is 75.4 Å². The van der Waals surface area contributed by atoms with Crippen LogP contribution in [-0.2, 0) is 10.2 Å². The first-order valence-electron chi connectivity index (χ1n) is 4.50. The minimum Gasteiger partial charge on any atom is -0.318 e. The zero-order chi connectivity index (χ0) is 9.90. The zero-order valence-corrected chi connectivity index (χ0v) is 8.68. The van der Waals surface area contributed by atoms with Crippen LogP contribution in [0.5, 0.6) is 0 Å². The molecule has 1 fully saturated rings. The van der Waals surface area contributed by atoms with Gasteiger partial charge in [-0.05, 0) is 19.9 Å². The molecule has 6 heteroatoms. The molecule has 0 saturated carbocycles. The molecule has 0 amide bonds. The normalized spacial score (nSPS) is 26.2. The first kappa shape index (κ1) is 10.9. The molecule has 5 nitrogen and oxygen atoms in total. The Morgan fingerprint density at radius 3 is 2.77 bits per heavy atom. The molecule has 1 saturated heterocycles. The number of likely N-dealkylation sites (N-methyl/N-ethyl adjacent to an activating group) is 1. The molecule has 1 rings (SSSR count). The smallest absolute Gasteiger partial charge is 0.277 e. The van der Waals surface area contributed by atoms with Gasteiger partial charge in [0.15, 0.2) is 0 Å². The molecule has 0 spiro atoms. The van der Waals surface area contributed by atoms with E-state index in [1.807, 2.05) is 7.05 Å². The van der Waals surface area contributed by atoms with Crippen molar-refractivity contribution in [1.82, 2.24) is 9.62 Å². The van der Waals surface area contributed by atoms with Crippen LogP contribution in [0.4, 0.5) is 0 Å². The van der Waals surface area contributed by atoms with Crippen LogP contribution in [0.3, 0.4) is 0 Å². The van der Waals surface area contributed by atoms with E-state index in [2.05, 4.69) is 5.32 Å². The van der Waals surface area contributed by atoms with Gasteiger partial charge in [-0.3, -0.25) is 0 Å². The predicted molar refractivity (Wildman–Crippen MR) is 51.4 cm³/mol. The Bertz CT molecular complexity index is 250. The Balaban J connectivity index is 2.67. The van der Waals surface area contributed by atoms with Crippen molar-refractivity contribution in [3.8, 4) is 0 Å². The average molecular weight is 207 g/mol. The maximum absolute atomic E-state index is 11.1. The highest BCUT2D eigenvalue weighted by Crippen LogP contribution is 2.17. The van der Waals surface area contributed by atoms with Gasteiger partial charge in [0.2, 0.25) is 0 Å². The molecular formula is C7H17N3O2S. The quantitative estimate of drug-likeness (QED) is 0.640. The maximum atomic E-state index is 11.1. The average Bonchev–Trinajstić information content (AvgIpc) is 2.04. The largest absolute Gasteiger partial charge is 0.318 e. The van der Waals surface area contributed by atoms with Crippen LogP contribution in [0, 0.1) is 0 Å². The van der Waals surface area contributed by atoms with Crippen molar-refractivity contribution in [2.75, 3.05) is 20.1 Å². The lowest BCUT2D eigenvalue weighted by Gasteiger charge is -2.32. The second-order valence-corrected chi connectivity index (χ2v) is 4.86. The standard InChI is InChI=1S/C7H17N3O2S/c1-9-6-7-4-2-3-5-10(7)13(8,11)12/h7,9H,2-6H2,1H3,(H2,8,11,12). The van der Waals surface area contributed by atoms with E-state index in [0.717, 1.165) is 19.3 Å². The monoisotopic (exact) mass is 207 g/mol. The van der Waals surface area contributed by atoms with Gasteiger partial charge in [0.25, 0.3) is 10.2 Å². The molecule has 1 heterocycles. The molecule has 1 unspecified atom stereocenters. The van der Waals surface area contributed by atoms with Crippen LogP contribution in [-0.4, -0.2) is 38.9 Å². The number of hydrogen-bond acceptors (Lipinski definition) is 3. The van der Waals surface area contributed by atoms with Crippen molar-refractivity contribution >= 4 is 10.2 Å². The Morgan fingerprint density at radius 1 is 1.54 bits per heavy atom. The molecule has 3 N–H and O–H groups in total. The summed E-state index contributed by atoms with van der Waals surface area (Å²) in [5.74, 6) is 0.